The van der Waals surface area contributed by atoms with E-state index in [1.807, 2.05) is 30.3 Å². The summed E-state index contributed by atoms with van der Waals surface area (Å²) in [7, 11) is 2.03. The molecule has 0 amide bonds. The van der Waals surface area contributed by atoms with Crippen molar-refractivity contribution in [3.63, 3.8) is 0 Å². The van der Waals surface area contributed by atoms with Crippen LogP contribution in [0.1, 0.15) is 35.7 Å². The Morgan fingerprint density at radius 1 is 1.21 bits per heavy atom. The molecule has 2 aromatic heterocycles. The summed E-state index contributed by atoms with van der Waals surface area (Å²) < 4.78 is 7.37. The van der Waals surface area contributed by atoms with Gasteiger partial charge >= 0.3 is 0 Å². The maximum absolute atomic E-state index is 5.37. The number of morpholine rings is 1. The van der Waals surface area contributed by atoms with Gasteiger partial charge in [-0.05, 0) is 19.3 Å². The SMILES string of the molecule is Cn1ncc2c1CCCC2NCc1cnc(N2CCOCC2)nc1. The summed E-state index contributed by atoms with van der Waals surface area (Å²) in [5, 5.41) is 8.04. The molecule has 1 aliphatic carbocycles. The van der Waals surface area contributed by atoms with Crippen molar-refractivity contribution in [3.05, 3.63) is 35.4 Å². The van der Waals surface area contributed by atoms with Crippen molar-refractivity contribution in [1.82, 2.24) is 25.1 Å². The molecule has 3 heterocycles. The van der Waals surface area contributed by atoms with E-state index in [9.17, 15) is 0 Å². The minimum Gasteiger partial charge on any atom is -0.378 e. The van der Waals surface area contributed by atoms with Crippen LogP contribution in [0.5, 0.6) is 0 Å². The van der Waals surface area contributed by atoms with Crippen LogP contribution in [0, 0.1) is 0 Å². The van der Waals surface area contributed by atoms with Crippen molar-refractivity contribution in [2.75, 3.05) is 31.2 Å². The van der Waals surface area contributed by atoms with Crippen molar-refractivity contribution < 1.29 is 4.74 Å². The Kier molecular flexibility index (Phi) is 4.44. The zero-order valence-electron chi connectivity index (χ0n) is 14.1. The second-order valence-electron chi connectivity index (χ2n) is 6.49. The second kappa shape index (κ2) is 6.86. The first-order chi connectivity index (χ1) is 11.8. The van der Waals surface area contributed by atoms with Gasteiger partial charge in [-0.15, -0.1) is 0 Å². The van der Waals surface area contributed by atoms with E-state index < -0.39 is 0 Å². The standard InChI is InChI=1S/C17H24N6O/c1-22-16-4-2-3-15(14(16)12-21-22)18-9-13-10-19-17(20-11-13)23-5-7-24-8-6-23/h10-12,15,18H,2-9H2,1H3. The van der Waals surface area contributed by atoms with Crippen LogP contribution < -0.4 is 10.2 Å². The normalized spacial score (nSPS) is 20.9. The second-order valence-corrected chi connectivity index (χ2v) is 6.49. The number of aromatic nitrogens is 4. The van der Waals surface area contributed by atoms with E-state index >= 15 is 0 Å². The molecule has 2 aliphatic rings. The van der Waals surface area contributed by atoms with Crippen LogP contribution in [0.2, 0.25) is 0 Å². The summed E-state index contributed by atoms with van der Waals surface area (Å²) in [6.07, 6.45) is 9.35. The largest absolute Gasteiger partial charge is 0.378 e. The molecule has 1 unspecified atom stereocenters. The molecule has 0 spiro atoms. The van der Waals surface area contributed by atoms with E-state index in [2.05, 4.69) is 25.3 Å². The number of hydrogen-bond acceptors (Lipinski definition) is 6. The molecule has 1 atom stereocenters. The quantitative estimate of drug-likeness (QED) is 0.910. The van der Waals surface area contributed by atoms with E-state index in [0.717, 1.165) is 57.2 Å². The third-order valence-corrected chi connectivity index (χ3v) is 4.91. The number of ether oxygens (including phenoxy) is 1. The molecular weight excluding hydrogens is 304 g/mol. The van der Waals surface area contributed by atoms with Crippen LogP contribution in [0.4, 0.5) is 5.95 Å². The number of hydrogen-bond donors (Lipinski definition) is 1. The predicted octanol–water partition coefficient (Wildman–Crippen LogP) is 1.21. The molecule has 24 heavy (non-hydrogen) atoms. The molecule has 1 fully saturated rings. The first kappa shape index (κ1) is 15.5. The van der Waals surface area contributed by atoms with Gasteiger partial charge < -0.3 is 15.0 Å². The van der Waals surface area contributed by atoms with Gasteiger partial charge in [0.15, 0.2) is 0 Å². The van der Waals surface area contributed by atoms with Crippen LogP contribution in [0.25, 0.3) is 0 Å². The third kappa shape index (κ3) is 3.14. The lowest BCUT2D eigenvalue weighted by Crippen LogP contribution is -2.37. The molecule has 1 N–H and O–H groups in total. The van der Waals surface area contributed by atoms with Crippen molar-refractivity contribution in [3.8, 4) is 0 Å². The highest BCUT2D eigenvalue weighted by atomic mass is 16.5. The van der Waals surface area contributed by atoms with Gasteiger partial charge in [0, 0.05) is 61.9 Å². The Bertz CT molecular complexity index is 677. The fourth-order valence-corrected chi connectivity index (χ4v) is 3.53. The van der Waals surface area contributed by atoms with Crippen molar-refractivity contribution >= 4 is 5.95 Å². The minimum atomic E-state index is 0.376. The molecule has 0 radical (unpaired) electrons. The van der Waals surface area contributed by atoms with E-state index in [-0.39, 0.29) is 0 Å². The zero-order chi connectivity index (χ0) is 16.4. The number of nitrogens with zero attached hydrogens (tertiary/aromatic N) is 5. The summed E-state index contributed by atoms with van der Waals surface area (Å²) in [6, 6.07) is 0.376. The Balaban J connectivity index is 1.38. The summed E-state index contributed by atoms with van der Waals surface area (Å²) in [4.78, 5) is 11.2. The van der Waals surface area contributed by atoms with E-state index in [4.69, 9.17) is 4.74 Å². The fraction of sp³-hybridized carbons (Fsp3) is 0.588. The van der Waals surface area contributed by atoms with Crippen LogP contribution in [0.3, 0.4) is 0 Å². The summed E-state index contributed by atoms with van der Waals surface area (Å²) in [5.41, 5.74) is 3.82. The first-order valence-corrected chi connectivity index (χ1v) is 8.69. The molecule has 0 saturated carbocycles. The van der Waals surface area contributed by atoms with Gasteiger partial charge in [-0.2, -0.15) is 5.10 Å². The number of aryl methyl sites for hydroxylation is 1. The molecule has 1 aliphatic heterocycles. The highest BCUT2D eigenvalue weighted by molar-refractivity contribution is 5.30. The number of nitrogens with one attached hydrogen (secondary N) is 1. The maximum Gasteiger partial charge on any atom is 0.225 e. The van der Waals surface area contributed by atoms with Crippen molar-refractivity contribution in [1.29, 1.82) is 0 Å². The van der Waals surface area contributed by atoms with Gasteiger partial charge in [0.1, 0.15) is 0 Å². The molecular formula is C17H24N6O. The molecule has 7 heteroatoms. The Labute approximate surface area is 142 Å². The number of rotatable bonds is 4. The molecule has 7 nitrogen and oxygen atoms in total. The monoisotopic (exact) mass is 328 g/mol. The summed E-state index contributed by atoms with van der Waals surface area (Å²) in [5.74, 6) is 0.800. The van der Waals surface area contributed by atoms with Crippen LogP contribution in [0.15, 0.2) is 18.6 Å². The average molecular weight is 328 g/mol. The van der Waals surface area contributed by atoms with Crippen molar-refractivity contribution in [2.45, 2.75) is 31.8 Å². The lowest BCUT2D eigenvalue weighted by Gasteiger charge is -2.26. The highest BCUT2D eigenvalue weighted by Gasteiger charge is 2.23. The van der Waals surface area contributed by atoms with Crippen LogP contribution in [-0.2, 0) is 24.8 Å². The van der Waals surface area contributed by atoms with Crippen LogP contribution >= 0.6 is 0 Å². The fourth-order valence-electron chi connectivity index (χ4n) is 3.53. The average Bonchev–Trinajstić information content (AvgIpc) is 3.03. The Morgan fingerprint density at radius 3 is 2.79 bits per heavy atom. The van der Waals surface area contributed by atoms with Gasteiger partial charge in [0.25, 0.3) is 0 Å². The van der Waals surface area contributed by atoms with Gasteiger partial charge in [0.05, 0.1) is 19.4 Å². The molecule has 0 bridgehead atoms. The van der Waals surface area contributed by atoms with Crippen LogP contribution in [-0.4, -0.2) is 46.1 Å². The number of fused-ring (bicyclic) bond motifs is 1. The van der Waals surface area contributed by atoms with Crippen molar-refractivity contribution in [2.24, 2.45) is 7.05 Å². The highest BCUT2D eigenvalue weighted by Crippen LogP contribution is 2.29. The Hall–Kier alpha value is -1.99. The maximum atomic E-state index is 5.37. The Morgan fingerprint density at radius 2 is 2.00 bits per heavy atom. The van der Waals surface area contributed by atoms with Gasteiger partial charge in [-0.1, -0.05) is 0 Å². The van der Waals surface area contributed by atoms with E-state index in [1.54, 1.807) is 0 Å². The molecule has 1 saturated heterocycles. The lowest BCUT2D eigenvalue weighted by atomic mass is 9.93. The molecule has 0 aromatic carbocycles. The molecule has 2 aromatic rings. The number of anilines is 1. The van der Waals surface area contributed by atoms with Gasteiger partial charge in [-0.3, -0.25) is 4.68 Å². The summed E-state index contributed by atoms with van der Waals surface area (Å²) >= 11 is 0. The van der Waals surface area contributed by atoms with E-state index in [1.165, 1.54) is 17.7 Å². The molecule has 4 rings (SSSR count). The molecule has 128 valence electrons. The lowest BCUT2D eigenvalue weighted by molar-refractivity contribution is 0.122. The predicted molar refractivity (Wildman–Crippen MR) is 90.8 cm³/mol. The third-order valence-electron chi connectivity index (χ3n) is 4.91. The van der Waals surface area contributed by atoms with Gasteiger partial charge in [-0.25, -0.2) is 9.97 Å². The minimum absolute atomic E-state index is 0.376. The van der Waals surface area contributed by atoms with Gasteiger partial charge in [0.2, 0.25) is 5.95 Å². The zero-order valence-corrected chi connectivity index (χ0v) is 14.1. The first-order valence-electron chi connectivity index (χ1n) is 8.69. The van der Waals surface area contributed by atoms with E-state index in [0.29, 0.717) is 6.04 Å². The topological polar surface area (TPSA) is 68.1 Å². The smallest absolute Gasteiger partial charge is 0.225 e. The summed E-state index contributed by atoms with van der Waals surface area (Å²) in [6.45, 7) is 4.01.